The number of phenolic OH excluding ortho intramolecular Hbond substituents is 1. The fraction of sp³-hybridized carbons (Fsp3) is 0.400. The third-order valence-electron chi connectivity index (χ3n) is 13.2. The molecule has 0 saturated carbocycles. The molecule has 3 aromatic heterocycles. The largest absolute Gasteiger partial charge is 0.524 e. The molecule has 17 nitrogen and oxygen atoms in total. The maximum absolute atomic E-state index is 12.9. The van der Waals surface area contributed by atoms with Crippen LogP contribution in [0.4, 0.5) is 0 Å². The zero-order valence-electron chi connectivity index (χ0n) is 44.0. The van der Waals surface area contributed by atoms with Crippen LogP contribution in [0.25, 0.3) is 38.3 Å². The van der Waals surface area contributed by atoms with Crippen LogP contribution in [-0.2, 0) is 35.0 Å². The second-order valence-corrected chi connectivity index (χ2v) is 19.9. The van der Waals surface area contributed by atoms with Crippen molar-refractivity contribution in [3.8, 4) is 28.7 Å². The molecule has 1 aliphatic carbocycles. The Morgan fingerprint density at radius 3 is 1.85 bits per heavy atom. The summed E-state index contributed by atoms with van der Waals surface area (Å²) >= 11 is 0. The summed E-state index contributed by atoms with van der Waals surface area (Å²) in [4.78, 5) is 48.9. The van der Waals surface area contributed by atoms with Crippen LogP contribution >= 0.6 is 7.82 Å². The van der Waals surface area contributed by atoms with E-state index in [1.165, 1.54) is 33.2 Å². The van der Waals surface area contributed by atoms with Crippen molar-refractivity contribution in [1.29, 1.82) is 0 Å². The Hall–Kier alpha value is -6.30. The molecule has 0 bridgehead atoms. The molecule has 2 aliphatic rings. The van der Waals surface area contributed by atoms with Gasteiger partial charge in [0.25, 0.3) is 0 Å². The fourth-order valence-corrected chi connectivity index (χ4v) is 9.97. The standard InChI is InChI=1S/C20H25N3O.C12H17N2O4P.C12H16N2O.C11H17NO3/c1-4-23(5-2)20(24)14-9-16-15-7-6-8-17-19(15)13(11-21-17)10-18(16)22(3)12-14;1-14(2)7-6-9-8-13-10-4-3-5-11(12(9)10)18-19(15,16)17;1-14(2)7-6-9-8-13-10-4-3-5-11(15)12(9)10;1-13-9-6-8(4-5-12)7-10(14-2)11(9)15-3/h6-9,11,14,18,21H,4-5,10,12H2,1-3H3;3-5,8,13H,6-7H2,1-2H3,(H2,15,16,17);3-5,8,13,15H,6-7H2,1-2H3;6-7H,4-5,12H2,1-3H3/t14-,18+;;;/m1.../s1. The molecule has 0 unspecified atom stereocenters. The summed E-state index contributed by atoms with van der Waals surface area (Å²) in [6.45, 7) is 8.89. The van der Waals surface area contributed by atoms with Crippen molar-refractivity contribution in [3.63, 3.8) is 0 Å². The van der Waals surface area contributed by atoms with Crippen LogP contribution in [0.1, 0.15) is 41.7 Å². The van der Waals surface area contributed by atoms with E-state index in [0.29, 0.717) is 35.6 Å². The molecule has 1 amide bonds. The van der Waals surface area contributed by atoms with Crippen molar-refractivity contribution in [3.05, 3.63) is 119 Å². The fourth-order valence-electron chi connectivity index (χ4n) is 9.56. The number of carbonyl (C=O) groups excluding carboxylic acids is 1. The summed E-state index contributed by atoms with van der Waals surface area (Å²) in [5.41, 5.74) is 15.8. The monoisotopic (exact) mass is 1020 g/mol. The number of hydrogen-bond donors (Lipinski definition) is 7. The SMILES string of the molecule is CCN(CC)C(=O)[C@@H]1C=C2c3cccc4[nH]cc(c34)C[C@@H]2N(C)C1.CN(C)CCc1c[nH]c2cccc(O)c12.CN(C)CCc1c[nH]c2cccc(OP(=O)(O)O)c12.COc1cc(CCN)cc(OC)c1OC. The minimum absolute atomic E-state index is 0.0445. The number of aromatic hydroxyl groups is 1. The zero-order chi connectivity index (χ0) is 53.0. The number of phosphoric ester groups is 1. The van der Waals surface area contributed by atoms with Crippen LogP contribution in [0.2, 0.25) is 0 Å². The molecule has 73 heavy (non-hydrogen) atoms. The van der Waals surface area contributed by atoms with Crippen LogP contribution < -0.4 is 24.5 Å². The normalized spacial score (nSPS) is 15.1. The van der Waals surface area contributed by atoms with Crippen LogP contribution in [-0.4, -0.2) is 157 Å². The Kier molecular flexibility index (Phi) is 19.6. The molecule has 0 radical (unpaired) electrons. The molecule has 7 aromatic rings. The van der Waals surface area contributed by atoms with Gasteiger partial charge in [-0.1, -0.05) is 30.3 Å². The smallest absolute Gasteiger partial charge is 0.507 e. The predicted octanol–water partition coefficient (Wildman–Crippen LogP) is 7.84. The molecule has 1 aliphatic heterocycles. The van der Waals surface area contributed by atoms with Crippen LogP contribution in [0.15, 0.2) is 91.4 Å². The lowest BCUT2D eigenvalue weighted by molar-refractivity contribution is -0.134. The van der Waals surface area contributed by atoms with E-state index in [2.05, 4.69) is 90.2 Å². The molecule has 0 saturated heterocycles. The highest BCUT2D eigenvalue weighted by atomic mass is 31.2. The molecule has 8 N–H and O–H groups in total. The first-order valence-corrected chi connectivity index (χ1v) is 26.2. The highest BCUT2D eigenvalue weighted by Gasteiger charge is 2.36. The number of ether oxygens (including phenoxy) is 3. The quantitative estimate of drug-likeness (QED) is 0.0460. The average molecular weight is 1020 g/mol. The van der Waals surface area contributed by atoms with Gasteiger partial charge < -0.3 is 59.2 Å². The van der Waals surface area contributed by atoms with Gasteiger partial charge in [-0.25, -0.2) is 4.57 Å². The highest BCUT2D eigenvalue weighted by molar-refractivity contribution is 7.46. The molecule has 394 valence electrons. The van der Waals surface area contributed by atoms with Gasteiger partial charge in [0.2, 0.25) is 11.7 Å². The first-order valence-electron chi connectivity index (χ1n) is 24.7. The van der Waals surface area contributed by atoms with Gasteiger partial charge in [-0.05, 0) is 157 Å². The number of rotatable bonds is 16. The van der Waals surface area contributed by atoms with Crippen molar-refractivity contribution in [1.82, 2.24) is 34.6 Å². The summed E-state index contributed by atoms with van der Waals surface area (Å²) in [5.74, 6) is 2.73. The van der Waals surface area contributed by atoms with E-state index in [1.807, 2.05) is 66.6 Å². The van der Waals surface area contributed by atoms with Crippen molar-refractivity contribution >= 4 is 52.0 Å². The molecule has 4 heterocycles. The number of phosphoric acid groups is 1. The molecular formula is C55H75N8O9P. The van der Waals surface area contributed by atoms with Crippen LogP contribution in [0, 0.1) is 5.92 Å². The van der Waals surface area contributed by atoms with Gasteiger partial charge in [-0.3, -0.25) is 19.5 Å². The minimum atomic E-state index is -4.55. The number of benzene rings is 4. The maximum atomic E-state index is 12.9. The van der Waals surface area contributed by atoms with Gasteiger partial charge >= 0.3 is 7.82 Å². The number of nitrogens with one attached hydrogen (secondary N) is 3. The van der Waals surface area contributed by atoms with Gasteiger partial charge in [0.15, 0.2) is 11.5 Å². The van der Waals surface area contributed by atoms with Gasteiger partial charge in [0.05, 0.1) is 27.2 Å². The molecule has 4 aromatic carbocycles. The van der Waals surface area contributed by atoms with Crippen molar-refractivity contribution in [2.75, 3.05) is 95.8 Å². The molecule has 18 heteroatoms. The van der Waals surface area contributed by atoms with E-state index >= 15 is 0 Å². The number of carbonyl (C=O) groups is 1. The van der Waals surface area contributed by atoms with Crippen molar-refractivity contribution in [2.24, 2.45) is 11.7 Å². The number of aromatic nitrogens is 3. The molecular weight excluding hydrogens is 948 g/mol. The number of phenols is 1. The number of hydrogen-bond acceptors (Lipinski definition) is 11. The Morgan fingerprint density at radius 2 is 1.30 bits per heavy atom. The number of H-pyrrole nitrogens is 3. The van der Waals surface area contributed by atoms with E-state index in [9.17, 15) is 14.5 Å². The number of likely N-dealkylation sites (N-methyl/N-ethyl adjacent to an activating group) is 3. The topological polar surface area (TPSA) is 218 Å². The molecule has 0 fully saturated rings. The number of methoxy groups -OCH3 is 3. The number of aromatic amines is 3. The summed E-state index contributed by atoms with van der Waals surface area (Å²) in [5, 5.41) is 12.8. The molecule has 2 atom stereocenters. The second-order valence-electron chi connectivity index (χ2n) is 18.7. The summed E-state index contributed by atoms with van der Waals surface area (Å²) in [7, 11) is 10.4. The first-order chi connectivity index (χ1) is 34.9. The summed E-state index contributed by atoms with van der Waals surface area (Å²) < 4.78 is 31.4. The Bertz CT molecular complexity index is 2980. The zero-order valence-corrected chi connectivity index (χ0v) is 44.9. The number of amides is 1. The lowest BCUT2D eigenvalue weighted by Crippen LogP contribution is -2.47. The summed E-state index contributed by atoms with van der Waals surface area (Å²) in [6.07, 6.45) is 11.7. The van der Waals surface area contributed by atoms with E-state index in [0.717, 1.165) is 91.3 Å². The number of nitrogens with two attached hydrogens (primary N) is 1. The van der Waals surface area contributed by atoms with Crippen molar-refractivity contribution in [2.45, 2.75) is 45.6 Å². The van der Waals surface area contributed by atoms with Gasteiger partial charge in [-0.2, -0.15) is 0 Å². The predicted molar refractivity (Wildman–Crippen MR) is 292 cm³/mol. The lowest BCUT2D eigenvalue weighted by Gasteiger charge is -2.40. The maximum Gasteiger partial charge on any atom is 0.524 e. The van der Waals surface area contributed by atoms with E-state index in [1.54, 1.807) is 39.5 Å². The average Bonchev–Trinajstić information content (AvgIpc) is 4.12. The first kappa shape index (κ1) is 56.0. The van der Waals surface area contributed by atoms with E-state index < -0.39 is 7.82 Å². The third kappa shape index (κ3) is 13.9. The van der Waals surface area contributed by atoms with Gasteiger partial charge in [0.1, 0.15) is 11.5 Å². The van der Waals surface area contributed by atoms with Crippen LogP contribution in [0.5, 0.6) is 28.7 Å². The molecule has 0 spiro atoms. The lowest BCUT2D eigenvalue weighted by atomic mass is 9.79. The van der Waals surface area contributed by atoms with E-state index in [-0.39, 0.29) is 17.6 Å². The second kappa shape index (κ2) is 25.6. The number of nitrogens with zero attached hydrogens (tertiary/aromatic N) is 4. The Morgan fingerprint density at radius 1 is 0.753 bits per heavy atom. The molecule has 9 rings (SSSR count). The Balaban J connectivity index is 0.000000162. The van der Waals surface area contributed by atoms with Crippen LogP contribution in [0.3, 0.4) is 0 Å². The highest BCUT2D eigenvalue weighted by Crippen LogP contribution is 2.43. The third-order valence-corrected chi connectivity index (χ3v) is 13.6. The van der Waals surface area contributed by atoms with Gasteiger partial charge in [-0.15, -0.1) is 0 Å². The Labute approximate surface area is 429 Å². The summed E-state index contributed by atoms with van der Waals surface area (Å²) in [6, 6.07) is 21.3. The minimum Gasteiger partial charge on any atom is -0.507 e. The van der Waals surface area contributed by atoms with E-state index in [4.69, 9.17) is 34.3 Å². The van der Waals surface area contributed by atoms with Crippen molar-refractivity contribution < 1.29 is 43.0 Å². The number of fused-ring (bicyclic) bond motifs is 4. The van der Waals surface area contributed by atoms with Gasteiger partial charge in [0, 0.05) is 90.1 Å².